The zero-order valence-corrected chi connectivity index (χ0v) is 15.0. The molecule has 0 aliphatic carbocycles. The number of carboxylic acid groups (broad SMARTS) is 1. The molecule has 1 aromatic heterocycles. The van der Waals surface area contributed by atoms with Crippen LogP contribution in [-0.4, -0.2) is 45.3 Å². The molecular formula is C16H17Cl2N3O3. The topological polar surface area (TPSA) is 75.4 Å². The summed E-state index contributed by atoms with van der Waals surface area (Å²) in [4.78, 5) is 24.1. The molecular weight excluding hydrogens is 353 g/mol. The fourth-order valence-corrected chi connectivity index (χ4v) is 2.67. The van der Waals surface area contributed by atoms with Crippen molar-refractivity contribution in [1.29, 1.82) is 0 Å². The SMILES string of the molecule is Cc1nn(-c2ccc(Cl)c(Cl)c2)c(C)c1CC(=O)N(C)CC(=O)O. The second kappa shape index (κ2) is 7.23. The van der Waals surface area contributed by atoms with Gasteiger partial charge in [-0.15, -0.1) is 0 Å². The van der Waals surface area contributed by atoms with Crippen molar-refractivity contribution in [3.63, 3.8) is 0 Å². The molecule has 2 rings (SSSR count). The normalized spacial score (nSPS) is 10.7. The number of nitrogens with zero attached hydrogens (tertiary/aromatic N) is 3. The molecule has 0 aliphatic rings. The monoisotopic (exact) mass is 369 g/mol. The number of hydrogen-bond donors (Lipinski definition) is 1. The first-order chi connectivity index (χ1) is 11.2. The van der Waals surface area contributed by atoms with E-state index in [9.17, 15) is 9.59 Å². The van der Waals surface area contributed by atoms with Crippen molar-refractivity contribution in [1.82, 2.24) is 14.7 Å². The third kappa shape index (κ3) is 3.88. The van der Waals surface area contributed by atoms with Gasteiger partial charge in [0.05, 0.1) is 27.8 Å². The van der Waals surface area contributed by atoms with Gasteiger partial charge in [0.25, 0.3) is 0 Å². The van der Waals surface area contributed by atoms with E-state index in [0.717, 1.165) is 16.9 Å². The Morgan fingerprint density at radius 3 is 2.50 bits per heavy atom. The summed E-state index contributed by atoms with van der Waals surface area (Å²) in [5.41, 5.74) is 3.00. The van der Waals surface area contributed by atoms with Gasteiger partial charge in [0.2, 0.25) is 5.91 Å². The number of aromatic nitrogens is 2. The lowest BCUT2D eigenvalue weighted by molar-refractivity contribution is -0.143. The van der Waals surface area contributed by atoms with Crippen molar-refractivity contribution in [2.75, 3.05) is 13.6 Å². The van der Waals surface area contributed by atoms with Gasteiger partial charge in [-0.25, -0.2) is 4.68 Å². The van der Waals surface area contributed by atoms with Crippen molar-refractivity contribution in [3.8, 4) is 5.69 Å². The van der Waals surface area contributed by atoms with E-state index >= 15 is 0 Å². The van der Waals surface area contributed by atoms with Crippen LogP contribution in [0.3, 0.4) is 0 Å². The summed E-state index contributed by atoms with van der Waals surface area (Å²) in [6.45, 7) is 3.32. The molecule has 128 valence electrons. The molecule has 2 aromatic rings. The third-order valence-corrected chi connectivity index (χ3v) is 4.45. The first-order valence-corrected chi connectivity index (χ1v) is 7.92. The minimum atomic E-state index is -1.05. The highest BCUT2D eigenvalue weighted by atomic mass is 35.5. The van der Waals surface area contributed by atoms with Crippen LogP contribution in [0.25, 0.3) is 5.69 Å². The highest BCUT2D eigenvalue weighted by Crippen LogP contribution is 2.26. The number of aryl methyl sites for hydroxylation is 1. The lowest BCUT2D eigenvalue weighted by Gasteiger charge is -2.14. The molecule has 1 aromatic carbocycles. The van der Waals surface area contributed by atoms with Gasteiger partial charge in [-0.05, 0) is 32.0 Å². The largest absolute Gasteiger partial charge is 0.480 e. The summed E-state index contributed by atoms with van der Waals surface area (Å²) in [7, 11) is 1.46. The van der Waals surface area contributed by atoms with Crippen molar-refractivity contribution in [2.45, 2.75) is 20.3 Å². The van der Waals surface area contributed by atoms with Crippen LogP contribution in [0.15, 0.2) is 18.2 Å². The van der Waals surface area contributed by atoms with Gasteiger partial charge in [-0.1, -0.05) is 23.2 Å². The van der Waals surface area contributed by atoms with Gasteiger partial charge in [-0.3, -0.25) is 9.59 Å². The van der Waals surface area contributed by atoms with Gasteiger partial charge < -0.3 is 10.0 Å². The summed E-state index contributed by atoms with van der Waals surface area (Å²) in [6, 6.07) is 5.17. The first-order valence-electron chi connectivity index (χ1n) is 7.17. The highest BCUT2D eigenvalue weighted by molar-refractivity contribution is 6.42. The Morgan fingerprint density at radius 2 is 1.92 bits per heavy atom. The van der Waals surface area contributed by atoms with Crippen molar-refractivity contribution in [2.24, 2.45) is 0 Å². The van der Waals surface area contributed by atoms with E-state index in [1.807, 2.05) is 6.92 Å². The molecule has 1 heterocycles. The van der Waals surface area contributed by atoms with Crippen molar-refractivity contribution < 1.29 is 14.7 Å². The second-order valence-electron chi connectivity index (χ2n) is 5.48. The average molecular weight is 370 g/mol. The first kappa shape index (κ1) is 18.3. The number of carboxylic acids is 1. The molecule has 8 heteroatoms. The molecule has 0 bridgehead atoms. The van der Waals surface area contributed by atoms with E-state index in [1.54, 1.807) is 29.8 Å². The molecule has 0 spiro atoms. The number of aliphatic carboxylic acids is 1. The lowest BCUT2D eigenvalue weighted by atomic mass is 10.1. The standard InChI is InChI=1S/C16H17Cl2N3O3/c1-9-12(7-15(22)20(3)8-16(23)24)10(2)21(19-9)11-4-5-13(17)14(18)6-11/h4-6H,7-8H2,1-3H3,(H,23,24). The molecule has 0 unspecified atom stereocenters. The summed E-state index contributed by atoms with van der Waals surface area (Å²) in [5, 5.41) is 14.1. The average Bonchev–Trinajstić information content (AvgIpc) is 2.77. The van der Waals surface area contributed by atoms with Crippen LogP contribution in [-0.2, 0) is 16.0 Å². The summed E-state index contributed by atoms with van der Waals surface area (Å²) in [6.07, 6.45) is 0.0861. The third-order valence-electron chi connectivity index (χ3n) is 3.72. The Bertz CT molecular complexity index is 802. The zero-order valence-electron chi connectivity index (χ0n) is 13.5. The molecule has 6 nitrogen and oxygen atoms in total. The van der Waals surface area contributed by atoms with Crippen LogP contribution in [0.5, 0.6) is 0 Å². The number of amides is 1. The lowest BCUT2D eigenvalue weighted by Crippen LogP contribution is -2.33. The molecule has 0 saturated heterocycles. The number of carbonyl (C=O) groups excluding carboxylic acids is 1. The minimum absolute atomic E-state index is 0.0861. The van der Waals surface area contributed by atoms with Gasteiger partial charge >= 0.3 is 5.97 Å². The number of rotatable bonds is 5. The van der Waals surface area contributed by atoms with Gasteiger partial charge in [-0.2, -0.15) is 5.10 Å². The van der Waals surface area contributed by atoms with Gasteiger partial charge in [0, 0.05) is 18.3 Å². The number of carbonyl (C=O) groups is 2. The Balaban J connectivity index is 2.30. The van der Waals surface area contributed by atoms with Crippen molar-refractivity contribution >= 4 is 35.1 Å². The molecule has 1 N–H and O–H groups in total. The maximum absolute atomic E-state index is 12.2. The Labute approximate surface area is 149 Å². The minimum Gasteiger partial charge on any atom is -0.480 e. The van der Waals surface area contributed by atoms with E-state index in [-0.39, 0.29) is 18.9 Å². The number of hydrogen-bond acceptors (Lipinski definition) is 3. The van der Waals surface area contributed by atoms with E-state index in [0.29, 0.717) is 15.7 Å². The van der Waals surface area contributed by atoms with Crippen molar-refractivity contribution in [3.05, 3.63) is 45.2 Å². The predicted octanol–water partition coefficient (Wildman–Crippen LogP) is 2.88. The molecule has 0 saturated carbocycles. The highest BCUT2D eigenvalue weighted by Gasteiger charge is 2.19. The van der Waals surface area contributed by atoms with E-state index < -0.39 is 5.97 Å². The van der Waals surface area contributed by atoms with Crippen LogP contribution in [0.4, 0.5) is 0 Å². The second-order valence-corrected chi connectivity index (χ2v) is 6.29. The molecule has 0 fully saturated rings. The predicted molar refractivity (Wildman–Crippen MR) is 92.0 cm³/mol. The van der Waals surface area contributed by atoms with Crippen LogP contribution in [0, 0.1) is 13.8 Å². The molecule has 0 atom stereocenters. The molecule has 1 amide bonds. The maximum Gasteiger partial charge on any atom is 0.323 e. The van der Waals surface area contributed by atoms with Crippen LogP contribution in [0.1, 0.15) is 17.0 Å². The molecule has 24 heavy (non-hydrogen) atoms. The van der Waals surface area contributed by atoms with Crippen LogP contribution < -0.4 is 0 Å². The summed E-state index contributed by atoms with van der Waals surface area (Å²) >= 11 is 12.0. The smallest absolute Gasteiger partial charge is 0.323 e. The molecule has 0 aliphatic heterocycles. The number of halogens is 2. The Hall–Kier alpha value is -2.05. The fraction of sp³-hybridized carbons (Fsp3) is 0.312. The van der Waals surface area contributed by atoms with E-state index in [4.69, 9.17) is 28.3 Å². The van der Waals surface area contributed by atoms with Gasteiger partial charge in [0.15, 0.2) is 0 Å². The fourth-order valence-electron chi connectivity index (χ4n) is 2.38. The number of benzene rings is 1. The van der Waals surface area contributed by atoms with E-state index in [1.165, 1.54) is 11.9 Å². The molecule has 0 radical (unpaired) electrons. The Morgan fingerprint density at radius 1 is 1.25 bits per heavy atom. The zero-order chi connectivity index (χ0) is 18.0. The quantitative estimate of drug-likeness (QED) is 0.878. The summed E-state index contributed by atoms with van der Waals surface area (Å²) in [5.74, 6) is -1.33. The number of likely N-dealkylation sites (N-methyl/N-ethyl adjacent to an activating group) is 1. The maximum atomic E-state index is 12.2. The van der Waals surface area contributed by atoms with Crippen LogP contribution in [0.2, 0.25) is 10.0 Å². The van der Waals surface area contributed by atoms with E-state index in [2.05, 4.69) is 5.10 Å². The van der Waals surface area contributed by atoms with Gasteiger partial charge in [0.1, 0.15) is 6.54 Å². The Kier molecular flexibility index (Phi) is 5.51. The van der Waals surface area contributed by atoms with Crippen LogP contribution >= 0.6 is 23.2 Å². The summed E-state index contributed by atoms with van der Waals surface area (Å²) < 4.78 is 1.69.